The first-order valence-electron chi connectivity index (χ1n) is 11.3. The van der Waals surface area contributed by atoms with E-state index in [4.69, 9.17) is 0 Å². The number of rotatable bonds is 13. The number of aliphatic hydroxyl groups excluding tert-OH is 1. The average molecular weight is 447 g/mol. The minimum atomic E-state index is -3.79. The van der Waals surface area contributed by atoms with Crippen molar-refractivity contribution in [3.8, 4) is 0 Å². The summed E-state index contributed by atoms with van der Waals surface area (Å²) in [6.45, 7) is 10.5. The first-order valence-corrected chi connectivity index (χ1v) is 12.8. The van der Waals surface area contributed by atoms with Crippen molar-refractivity contribution in [2.24, 2.45) is 0 Å². The van der Waals surface area contributed by atoms with Crippen molar-refractivity contribution in [1.82, 2.24) is 4.90 Å². The number of nitrogens with zero attached hydrogens (tertiary/aromatic N) is 2. The molecule has 0 fully saturated rings. The van der Waals surface area contributed by atoms with Gasteiger partial charge in [-0.15, -0.1) is 0 Å². The summed E-state index contributed by atoms with van der Waals surface area (Å²) >= 11 is 0. The van der Waals surface area contributed by atoms with Crippen LogP contribution in [-0.2, 0) is 10.0 Å². The van der Waals surface area contributed by atoms with E-state index >= 15 is 0 Å². The Labute approximate surface area is 188 Å². The molecule has 0 saturated carbocycles. The number of aliphatic hydroxyl groups is 1. The van der Waals surface area contributed by atoms with Crippen LogP contribution in [0.15, 0.2) is 53.4 Å². The molecule has 0 aromatic heterocycles. The van der Waals surface area contributed by atoms with Gasteiger partial charge in [0.25, 0.3) is 10.0 Å². The second kappa shape index (κ2) is 12.2. The largest absolute Gasteiger partial charge is 0.390 e. The van der Waals surface area contributed by atoms with Crippen molar-refractivity contribution in [3.63, 3.8) is 0 Å². The molecule has 31 heavy (non-hydrogen) atoms. The Morgan fingerprint density at radius 3 is 1.77 bits per heavy atom. The van der Waals surface area contributed by atoms with Crippen LogP contribution in [0.2, 0.25) is 0 Å². The predicted octanol–water partition coefficient (Wildman–Crippen LogP) is 4.76. The van der Waals surface area contributed by atoms with Gasteiger partial charge in [-0.1, -0.05) is 62.1 Å². The van der Waals surface area contributed by atoms with Crippen LogP contribution in [0.25, 0.3) is 0 Å². The molecule has 0 saturated heterocycles. The second-order valence-corrected chi connectivity index (χ2v) is 10.2. The van der Waals surface area contributed by atoms with Crippen LogP contribution < -0.4 is 4.31 Å². The molecule has 0 unspecified atom stereocenters. The molecule has 5 nitrogen and oxygen atoms in total. The number of hydrogen-bond donors (Lipinski definition) is 1. The lowest BCUT2D eigenvalue weighted by Gasteiger charge is -2.30. The van der Waals surface area contributed by atoms with E-state index in [-0.39, 0.29) is 11.4 Å². The Bertz CT molecular complexity index is 872. The SMILES string of the molecule is CCCCN(CCCC)C[C@@H](O)CN(c1ccc(C)cc1)S(=O)(=O)c1ccc(C)cc1. The van der Waals surface area contributed by atoms with Gasteiger partial charge in [-0.3, -0.25) is 4.31 Å². The Morgan fingerprint density at radius 1 is 0.806 bits per heavy atom. The molecule has 2 aromatic rings. The third-order valence-electron chi connectivity index (χ3n) is 5.43. The summed E-state index contributed by atoms with van der Waals surface area (Å²) < 4.78 is 28.3. The zero-order chi connectivity index (χ0) is 22.9. The Kier molecular flexibility index (Phi) is 10.0. The molecule has 0 bridgehead atoms. The maximum atomic E-state index is 13.5. The van der Waals surface area contributed by atoms with Crippen molar-refractivity contribution >= 4 is 15.7 Å². The summed E-state index contributed by atoms with van der Waals surface area (Å²) in [5, 5.41) is 10.9. The molecule has 0 spiro atoms. The summed E-state index contributed by atoms with van der Waals surface area (Å²) in [4.78, 5) is 2.49. The van der Waals surface area contributed by atoms with Crippen molar-refractivity contribution in [2.75, 3.05) is 30.5 Å². The highest BCUT2D eigenvalue weighted by atomic mass is 32.2. The summed E-state index contributed by atoms with van der Waals surface area (Å²) in [7, 11) is -3.79. The van der Waals surface area contributed by atoms with E-state index in [1.54, 1.807) is 36.4 Å². The van der Waals surface area contributed by atoms with Crippen LogP contribution in [0.1, 0.15) is 50.7 Å². The molecule has 6 heteroatoms. The molecule has 0 aliphatic rings. The maximum Gasteiger partial charge on any atom is 0.264 e. The van der Waals surface area contributed by atoms with E-state index in [2.05, 4.69) is 18.7 Å². The molecule has 1 atom stereocenters. The number of anilines is 1. The summed E-state index contributed by atoms with van der Waals surface area (Å²) in [5.74, 6) is 0. The van der Waals surface area contributed by atoms with Gasteiger partial charge >= 0.3 is 0 Å². The molecule has 0 heterocycles. The number of benzene rings is 2. The first kappa shape index (κ1) is 25.4. The standard InChI is InChI=1S/C25H38N2O3S/c1-5-7-17-26(18-8-6-2)19-24(28)20-27(23-13-9-21(3)10-14-23)31(29,30)25-15-11-22(4)12-16-25/h9-16,24,28H,5-8,17-20H2,1-4H3/t24-/m1/s1. The monoisotopic (exact) mass is 446 g/mol. The maximum absolute atomic E-state index is 13.5. The fourth-order valence-corrected chi connectivity index (χ4v) is 5.00. The van der Waals surface area contributed by atoms with Crippen LogP contribution in [0, 0.1) is 13.8 Å². The van der Waals surface area contributed by atoms with Gasteiger partial charge in [-0.25, -0.2) is 8.42 Å². The minimum Gasteiger partial charge on any atom is -0.390 e. The van der Waals surface area contributed by atoms with E-state index in [1.807, 2.05) is 26.0 Å². The topological polar surface area (TPSA) is 60.9 Å². The summed E-state index contributed by atoms with van der Waals surface area (Å²) in [5.41, 5.74) is 2.63. The fourth-order valence-electron chi connectivity index (χ4n) is 3.50. The van der Waals surface area contributed by atoms with E-state index in [9.17, 15) is 13.5 Å². The highest BCUT2D eigenvalue weighted by molar-refractivity contribution is 7.92. The molecule has 0 aliphatic heterocycles. The zero-order valence-corrected chi connectivity index (χ0v) is 20.2. The number of sulfonamides is 1. The predicted molar refractivity (Wildman–Crippen MR) is 129 cm³/mol. The first-order chi connectivity index (χ1) is 14.8. The third kappa shape index (κ3) is 7.63. The average Bonchev–Trinajstić information content (AvgIpc) is 2.75. The van der Waals surface area contributed by atoms with Crippen molar-refractivity contribution < 1.29 is 13.5 Å². The van der Waals surface area contributed by atoms with Crippen LogP contribution in [0.4, 0.5) is 5.69 Å². The lowest BCUT2D eigenvalue weighted by atomic mass is 10.2. The van der Waals surface area contributed by atoms with Gasteiger partial charge in [0, 0.05) is 6.54 Å². The highest BCUT2D eigenvalue weighted by Gasteiger charge is 2.27. The third-order valence-corrected chi connectivity index (χ3v) is 7.24. The molecule has 0 radical (unpaired) electrons. The highest BCUT2D eigenvalue weighted by Crippen LogP contribution is 2.25. The minimum absolute atomic E-state index is 0.0218. The van der Waals surface area contributed by atoms with Crippen molar-refractivity contribution in [3.05, 3.63) is 59.7 Å². The van der Waals surface area contributed by atoms with Gasteiger partial charge in [-0.2, -0.15) is 0 Å². The number of aryl methyl sites for hydroxylation is 2. The van der Waals surface area contributed by atoms with Crippen LogP contribution in [0.3, 0.4) is 0 Å². The van der Waals surface area contributed by atoms with E-state index in [0.717, 1.165) is 49.9 Å². The lowest BCUT2D eigenvalue weighted by molar-refractivity contribution is 0.117. The van der Waals surface area contributed by atoms with E-state index < -0.39 is 16.1 Å². The fraction of sp³-hybridized carbons (Fsp3) is 0.520. The van der Waals surface area contributed by atoms with Gasteiger partial charge in [0.15, 0.2) is 0 Å². The second-order valence-electron chi connectivity index (χ2n) is 8.35. The van der Waals surface area contributed by atoms with Gasteiger partial charge < -0.3 is 10.0 Å². The van der Waals surface area contributed by atoms with Gasteiger partial charge in [0.05, 0.1) is 23.2 Å². The van der Waals surface area contributed by atoms with E-state index in [1.165, 1.54) is 4.31 Å². The van der Waals surface area contributed by atoms with Gasteiger partial charge in [0.1, 0.15) is 0 Å². The van der Waals surface area contributed by atoms with Gasteiger partial charge in [-0.05, 0) is 64.0 Å². The summed E-state index contributed by atoms with van der Waals surface area (Å²) in [6.07, 6.45) is 3.54. The Morgan fingerprint density at radius 2 is 1.29 bits per heavy atom. The normalized spacial score (nSPS) is 12.8. The smallest absolute Gasteiger partial charge is 0.264 e. The molecule has 0 amide bonds. The Hall–Kier alpha value is -1.89. The van der Waals surface area contributed by atoms with E-state index in [0.29, 0.717) is 12.2 Å². The molecule has 2 rings (SSSR count). The van der Waals surface area contributed by atoms with Crippen molar-refractivity contribution in [2.45, 2.75) is 64.4 Å². The van der Waals surface area contributed by atoms with Crippen LogP contribution in [0.5, 0.6) is 0 Å². The number of hydrogen-bond acceptors (Lipinski definition) is 4. The van der Waals surface area contributed by atoms with Crippen LogP contribution in [-0.4, -0.2) is 50.7 Å². The molecule has 0 aliphatic carbocycles. The lowest BCUT2D eigenvalue weighted by Crippen LogP contribution is -2.43. The zero-order valence-electron chi connectivity index (χ0n) is 19.4. The van der Waals surface area contributed by atoms with Crippen molar-refractivity contribution in [1.29, 1.82) is 0 Å². The molecular formula is C25H38N2O3S. The summed E-state index contributed by atoms with van der Waals surface area (Å²) in [6, 6.07) is 14.3. The Balaban J connectivity index is 2.28. The molecule has 1 N–H and O–H groups in total. The molecular weight excluding hydrogens is 408 g/mol. The van der Waals surface area contributed by atoms with Crippen LogP contribution >= 0.6 is 0 Å². The quantitative estimate of drug-likeness (QED) is 0.482. The molecule has 172 valence electrons. The molecule has 2 aromatic carbocycles. The van der Waals surface area contributed by atoms with Gasteiger partial charge in [0.2, 0.25) is 0 Å². The number of unbranched alkanes of at least 4 members (excludes halogenated alkanes) is 2.